The summed E-state index contributed by atoms with van der Waals surface area (Å²) in [5, 5.41) is 17.2. The summed E-state index contributed by atoms with van der Waals surface area (Å²) in [5.74, 6) is 0. The number of hydrogen-bond donors (Lipinski definition) is 2. The highest BCUT2D eigenvalue weighted by Crippen LogP contribution is 2.19. The van der Waals surface area contributed by atoms with Gasteiger partial charge in [0.15, 0.2) is 5.67 Å². The van der Waals surface area contributed by atoms with Crippen molar-refractivity contribution >= 4 is 0 Å². The second kappa shape index (κ2) is 3.13. The van der Waals surface area contributed by atoms with E-state index >= 15 is 0 Å². The molecule has 0 aromatic carbocycles. The summed E-state index contributed by atoms with van der Waals surface area (Å²) < 4.78 is 12.9. The van der Waals surface area contributed by atoms with Gasteiger partial charge in [-0.15, -0.1) is 0 Å². The molecule has 2 nitrogen and oxygen atoms in total. The molecule has 0 heterocycles. The highest BCUT2D eigenvalue weighted by atomic mass is 19.1. The summed E-state index contributed by atoms with van der Waals surface area (Å²) in [6, 6.07) is 0. The molecule has 0 radical (unpaired) electrons. The fraction of sp³-hybridized carbons (Fsp3) is 1.00. The Morgan fingerprint density at radius 3 is 2.11 bits per heavy atom. The van der Waals surface area contributed by atoms with E-state index in [9.17, 15) is 4.39 Å². The van der Waals surface area contributed by atoms with Crippen LogP contribution < -0.4 is 0 Å². The van der Waals surface area contributed by atoms with Gasteiger partial charge in [-0.3, -0.25) is 0 Å². The molecule has 0 aromatic rings. The molecule has 2 N–H and O–H groups in total. The maximum Gasteiger partial charge on any atom is 0.159 e. The average molecular weight is 136 g/mol. The van der Waals surface area contributed by atoms with Crippen LogP contribution in [0.4, 0.5) is 4.39 Å². The van der Waals surface area contributed by atoms with Gasteiger partial charge in [0.1, 0.15) is 0 Å². The van der Waals surface area contributed by atoms with Crippen molar-refractivity contribution in [2.24, 2.45) is 0 Å². The van der Waals surface area contributed by atoms with E-state index in [2.05, 4.69) is 0 Å². The van der Waals surface area contributed by atoms with Crippen LogP contribution in [0.3, 0.4) is 0 Å². The van der Waals surface area contributed by atoms with Crippen LogP contribution in [0.5, 0.6) is 0 Å². The Labute approximate surface area is 54.3 Å². The zero-order valence-electron chi connectivity index (χ0n) is 5.76. The molecule has 0 bridgehead atoms. The SMILES string of the molecule is CCC(F)(CO)C(C)O. The molecule has 56 valence electrons. The van der Waals surface area contributed by atoms with E-state index in [0.717, 1.165) is 0 Å². The highest BCUT2D eigenvalue weighted by Gasteiger charge is 2.32. The highest BCUT2D eigenvalue weighted by molar-refractivity contribution is 4.81. The van der Waals surface area contributed by atoms with Crippen LogP contribution in [0.1, 0.15) is 20.3 Å². The van der Waals surface area contributed by atoms with E-state index in [1.165, 1.54) is 6.92 Å². The van der Waals surface area contributed by atoms with Crippen molar-refractivity contribution in [3.63, 3.8) is 0 Å². The molecule has 0 saturated carbocycles. The molecule has 2 atom stereocenters. The van der Waals surface area contributed by atoms with Crippen molar-refractivity contribution in [3.8, 4) is 0 Å². The lowest BCUT2D eigenvalue weighted by Gasteiger charge is -2.23. The Balaban J connectivity index is 3.92. The van der Waals surface area contributed by atoms with Crippen LogP contribution in [-0.2, 0) is 0 Å². The molecule has 0 aliphatic rings. The number of alkyl halides is 1. The first-order valence-corrected chi connectivity index (χ1v) is 3.04. The van der Waals surface area contributed by atoms with Gasteiger partial charge in [-0.05, 0) is 13.3 Å². The summed E-state index contributed by atoms with van der Waals surface area (Å²) in [5.41, 5.74) is -1.81. The fourth-order valence-electron chi connectivity index (χ4n) is 0.539. The van der Waals surface area contributed by atoms with Crippen LogP contribution >= 0.6 is 0 Å². The number of rotatable bonds is 3. The van der Waals surface area contributed by atoms with Crippen molar-refractivity contribution in [1.29, 1.82) is 0 Å². The monoisotopic (exact) mass is 136 g/mol. The lowest BCUT2D eigenvalue weighted by Crippen LogP contribution is -2.38. The van der Waals surface area contributed by atoms with Gasteiger partial charge in [0.25, 0.3) is 0 Å². The second-order valence-electron chi connectivity index (χ2n) is 2.22. The normalized spacial score (nSPS) is 21.0. The minimum Gasteiger partial charge on any atom is -0.393 e. The van der Waals surface area contributed by atoms with Gasteiger partial charge in [-0.2, -0.15) is 0 Å². The standard InChI is InChI=1S/C6H13FO2/c1-3-6(7,4-8)5(2)9/h5,8-9H,3-4H2,1-2H3. The third kappa shape index (κ3) is 1.91. The van der Waals surface area contributed by atoms with Gasteiger partial charge < -0.3 is 10.2 Å². The van der Waals surface area contributed by atoms with E-state index in [4.69, 9.17) is 10.2 Å². The molecule has 0 spiro atoms. The van der Waals surface area contributed by atoms with E-state index < -0.39 is 18.4 Å². The molecule has 0 aliphatic heterocycles. The molecular weight excluding hydrogens is 123 g/mol. The third-order valence-corrected chi connectivity index (χ3v) is 1.60. The van der Waals surface area contributed by atoms with Gasteiger partial charge in [-0.25, -0.2) is 4.39 Å². The van der Waals surface area contributed by atoms with Crippen molar-refractivity contribution in [2.45, 2.75) is 32.0 Å². The minimum absolute atomic E-state index is 0.140. The van der Waals surface area contributed by atoms with Crippen molar-refractivity contribution in [1.82, 2.24) is 0 Å². The van der Waals surface area contributed by atoms with Crippen molar-refractivity contribution in [3.05, 3.63) is 0 Å². The van der Waals surface area contributed by atoms with Crippen LogP contribution in [0.2, 0.25) is 0 Å². The molecule has 0 fully saturated rings. The summed E-state index contributed by atoms with van der Waals surface area (Å²) in [7, 11) is 0. The molecular formula is C6H13FO2. The Kier molecular flexibility index (Phi) is 3.08. The van der Waals surface area contributed by atoms with E-state index in [-0.39, 0.29) is 6.42 Å². The first-order valence-electron chi connectivity index (χ1n) is 3.04. The molecule has 2 unspecified atom stereocenters. The van der Waals surface area contributed by atoms with Crippen LogP contribution in [-0.4, -0.2) is 28.6 Å². The molecule has 0 amide bonds. The topological polar surface area (TPSA) is 40.5 Å². The Bertz CT molecular complexity index is 79.1. The van der Waals surface area contributed by atoms with Gasteiger partial charge in [0, 0.05) is 0 Å². The molecule has 0 saturated heterocycles. The predicted molar refractivity (Wildman–Crippen MR) is 32.9 cm³/mol. The molecule has 9 heavy (non-hydrogen) atoms. The van der Waals surface area contributed by atoms with Gasteiger partial charge in [-0.1, -0.05) is 6.92 Å². The van der Waals surface area contributed by atoms with Gasteiger partial charge >= 0.3 is 0 Å². The summed E-state index contributed by atoms with van der Waals surface area (Å²) in [6.07, 6.45) is -0.950. The molecule has 0 aromatic heterocycles. The van der Waals surface area contributed by atoms with E-state index in [1.807, 2.05) is 0 Å². The lowest BCUT2D eigenvalue weighted by molar-refractivity contribution is -0.0383. The van der Waals surface area contributed by atoms with Crippen molar-refractivity contribution < 1.29 is 14.6 Å². The predicted octanol–water partition coefficient (Wildman–Crippen LogP) is 0.478. The Morgan fingerprint density at radius 1 is 1.67 bits per heavy atom. The lowest BCUT2D eigenvalue weighted by atomic mass is 9.98. The van der Waals surface area contributed by atoms with Crippen LogP contribution in [0, 0.1) is 0 Å². The third-order valence-electron chi connectivity index (χ3n) is 1.60. The first-order chi connectivity index (χ1) is 4.06. The molecule has 0 aliphatic carbocycles. The molecule has 3 heteroatoms. The number of halogens is 1. The summed E-state index contributed by atoms with van der Waals surface area (Å²) in [4.78, 5) is 0. The second-order valence-corrected chi connectivity index (χ2v) is 2.22. The van der Waals surface area contributed by atoms with Gasteiger partial charge in [0.2, 0.25) is 0 Å². The molecule has 0 rings (SSSR count). The first kappa shape index (κ1) is 8.85. The summed E-state index contributed by atoms with van der Waals surface area (Å²) in [6.45, 7) is 2.31. The maximum atomic E-state index is 12.9. The largest absolute Gasteiger partial charge is 0.393 e. The van der Waals surface area contributed by atoms with Gasteiger partial charge in [0.05, 0.1) is 12.7 Å². The zero-order valence-corrected chi connectivity index (χ0v) is 5.76. The maximum absolute atomic E-state index is 12.9. The summed E-state index contributed by atoms with van der Waals surface area (Å²) >= 11 is 0. The van der Waals surface area contributed by atoms with Crippen molar-refractivity contribution in [2.75, 3.05) is 6.61 Å². The van der Waals surface area contributed by atoms with Crippen LogP contribution in [0.15, 0.2) is 0 Å². The minimum atomic E-state index is -1.81. The van der Waals surface area contributed by atoms with E-state index in [1.54, 1.807) is 6.92 Å². The average Bonchev–Trinajstić information content (AvgIpc) is 1.86. The number of aliphatic hydroxyl groups excluding tert-OH is 2. The zero-order chi connectivity index (χ0) is 7.49. The number of aliphatic hydroxyl groups is 2. The quantitative estimate of drug-likeness (QED) is 0.592. The number of hydrogen-bond acceptors (Lipinski definition) is 2. The van der Waals surface area contributed by atoms with Crippen LogP contribution in [0.25, 0.3) is 0 Å². The fourth-order valence-corrected chi connectivity index (χ4v) is 0.539. The Hall–Kier alpha value is -0.150. The van der Waals surface area contributed by atoms with E-state index in [0.29, 0.717) is 0 Å². The Morgan fingerprint density at radius 2 is 2.11 bits per heavy atom. The smallest absolute Gasteiger partial charge is 0.159 e.